The predicted octanol–water partition coefficient (Wildman–Crippen LogP) is 5.24. The van der Waals surface area contributed by atoms with Crippen molar-refractivity contribution < 1.29 is 23.4 Å². The largest absolute Gasteiger partial charge is 0.507 e. The minimum absolute atomic E-state index is 0.303. The third kappa shape index (κ3) is 4.37. The van der Waals surface area contributed by atoms with Crippen molar-refractivity contribution >= 4 is 11.0 Å². The number of aromatic hydroxyl groups is 1. The number of hydrogen-bond acceptors (Lipinski definition) is 4. The first kappa shape index (κ1) is 21.1. The molecular weight excluding hydrogens is 383 g/mol. The Kier molecular flexibility index (Phi) is 6.12. The minimum atomic E-state index is -4.50. The SMILES string of the molecule is CO.Cc1cc(C(F)(F)F)cc(O)c1-c1ccc2cn(C3CCCCC3)nc2n1. The number of aliphatic hydroxyl groups excluding tert-OH is 1. The van der Waals surface area contributed by atoms with E-state index in [1.807, 2.05) is 16.9 Å². The molecule has 29 heavy (non-hydrogen) atoms. The van der Waals surface area contributed by atoms with Crippen molar-refractivity contribution in [2.45, 2.75) is 51.2 Å². The van der Waals surface area contributed by atoms with Crippen LogP contribution in [0.5, 0.6) is 5.75 Å². The van der Waals surface area contributed by atoms with Crippen LogP contribution < -0.4 is 0 Å². The van der Waals surface area contributed by atoms with Gasteiger partial charge in [0, 0.05) is 24.3 Å². The van der Waals surface area contributed by atoms with E-state index in [1.54, 1.807) is 6.07 Å². The molecule has 1 aliphatic carbocycles. The van der Waals surface area contributed by atoms with Gasteiger partial charge in [0.1, 0.15) is 5.75 Å². The number of rotatable bonds is 2. The zero-order valence-corrected chi connectivity index (χ0v) is 16.4. The molecule has 1 fully saturated rings. The fourth-order valence-corrected chi connectivity index (χ4v) is 3.86. The molecule has 156 valence electrons. The molecule has 0 radical (unpaired) electrons. The van der Waals surface area contributed by atoms with Gasteiger partial charge in [-0.25, -0.2) is 4.98 Å². The average Bonchev–Trinajstić information content (AvgIpc) is 3.12. The molecule has 0 atom stereocenters. The standard InChI is InChI=1S/C20H20F3N3O.CH4O/c1-12-9-14(20(21,22)23)10-17(27)18(12)16-8-7-13-11-26(25-19(13)24-16)15-5-3-2-4-6-15;1-2/h7-11,15,27H,2-6H2,1H3;2H,1H3. The van der Waals surface area contributed by atoms with Gasteiger partial charge in [-0.2, -0.15) is 18.3 Å². The second kappa shape index (κ2) is 8.41. The number of pyridine rings is 1. The lowest BCUT2D eigenvalue weighted by atomic mass is 9.96. The number of fused-ring (bicyclic) bond motifs is 1. The summed E-state index contributed by atoms with van der Waals surface area (Å²) >= 11 is 0. The summed E-state index contributed by atoms with van der Waals surface area (Å²) in [6.45, 7) is 1.54. The molecule has 3 aromatic rings. The second-order valence-electron chi connectivity index (χ2n) is 7.20. The van der Waals surface area contributed by atoms with Crippen LogP contribution in [-0.4, -0.2) is 32.1 Å². The van der Waals surface area contributed by atoms with Crippen molar-refractivity contribution in [3.8, 4) is 17.0 Å². The molecule has 0 bridgehead atoms. The van der Waals surface area contributed by atoms with Crippen LogP contribution in [0.1, 0.15) is 49.3 Å². The number of aryl methyl sites for hydroxylation is 1. The molecule has 2 aromatic heterocycles. The van der Waals surface area contributed by atoms with Crippen molar-refractivity contribution in [2.24, 2.45) is 0 Å². The second-order valence-corrected chi connectivity index (χ2v) is 7.20. The zero-order valence-electron chi connectivity index (χ0n) is 16.4. The summed E-state index contributed by atoms with van der Waals surface area (Å²) in [6.07, 6.45) is 3.31. The number of hydrogen-bond donors (Lipinski definition) is 2. The van der Waals surface area contributed by atoms with Gasteiger partial charge in [0.05, 0.1) is 17.3 Å². The highest BCUT2D eigenvalue weighted by Gasteiger charge is 2.32. The van der Waals surface area contributed by atoms with Crippen LogP contribution in [-0.2, 0) is 6.18 Å². The average molecular weight is 407 g/mol. The molecule has 1 aliphatic rings. The lowest BCUT2D eigenvalue weighted by Gasteiger charge is -2.21. The molecule has 2 heterocycles. The Balaban J connectivity index is 0.00000117. The lowest BCUT2D eigenvalue weighted by Crippen LogP contribution is -2.13. The Morgan fingerprint density at radius 2 is 1.76 bits per heavy atom. The number of aromatic nitrogens is 3. The number of aliphatic hydroxyl groups is 1. The number of alkyl halides is 3. The first-order valence-electron chi connectivity index (χ1n) is 9.55. The summed E-state index contributed by atoms with van der Waals surface area (Å²) in [7, 11) is 1.00. The summed E-state index contributed by atoms with van der Waals surface area (Å²) < 4.78 is 40.7. The Morgan fingerprint density at radius 3 is 2.38 bits per heavy atom. The summed E-state index contributed by atoms with van der Waals surface area (Å²) in [4.78, 5) is 4.50. The molecule has 0 unspecified atom stereocenters. The van der Waals surface area contributed by atoms with Gasteiger partial charge in [0.2, 0.25) is 0 Å². The Bertz CT molecular complexity index is 969. The van der Waals surface area contributed by atoms with E-state index in [2.05, 4.69) is 10.1 Å². The third-order valence-corrected chi connectivity index (χ3v) is 5.23. The summed E-state index contributed by atoms with van der Waals surface area (Å²) in [5, 5.41) is 22.7. The zero-order chi connectivity index (χ0) is 21.2. The van der Waals surface area contributed by atoms with Crippen molar-refractivity contribution in [3.63, 3.8) is 0 Å². The first-order valence-corrected chi connectivity index (χ1v) is 9.55. The maximum atomic E-state index is 12.9. The van der Waals surface area contributed by atoms with Crippen LogP contribution in [0.2, 0.25) is 0 Å². The Labute approximate surface area is 166 Å². The Morgan fingerprint density at radius 1 is 1.07 bits per heavy atom. The maximum absolute atomic E-state index is 12.9. The van der Waals surface area contributed by atoms with Crippen molar-refractivity contribution in [3.05, 3.63) is 41.6 Å². The van der Waals surface area contributed by atoms with E-state index in [1.165, 1.54) is 26.2 Å². The van der Waals surface area contributed by atoms with Crippen LogP contribution in [0, 0.1) is 6.92 Å². The maximum Gasteiger partial charge on any atom is 0.416 e. The molecule has 0 saturated heterocycles. The number of phenols is 1. The van der Waals surface area contributed by atoms with Gasteiger partial charge in [-0.05, 0) is 49.6 Å². The smallest absolute Gasteiger partial charge is 0.416 e. The summed E-state index contributed by atoms with van der Waals surface area (Å²) in [5.74, 6) is -0.430. The normalized spacial score (nSPS) is 15.2. The number of nitrogens with zero attached hydrogens (tertiary/aromatic N) is 3. The van der Waals surface area contributed by atoms with Gasteiger partial charge in [-0.3, -0.25) is 4.68 Å². The van der Waals surface area contributed by atoms with Gasteiger partial charge in [-0.15, -0.1) is 0 Å². The third-order valence-electron chi connectivity index (χ3n) is 5.23. The minimum Gasteiger partial charge on any atom is -0.507 e. The molecule has 8 heteroatoms. The molecule has 0 spiro atoms. The number of benzene rings is 1. The van der Waals surface area contributed by atoms with Crippen LogP contribution in [0.4, 0.5) is 13.2 Å². The molecule has 1 aromatic carbocycles. The fraction of sp³-hybridized carbons (Fsp3) is 0.429. The van der Waals surface area contributed by atoms with E-state index in [4.69, 9.17) is 5.11 Å². The van der Waals surface area contributed by atoms with Crippen LogP contribution in [0.15, 0.2) is 30.5 Å². The quantitative estimate of drug-likeness (QED) is 0.609. The van der Waals surface area contributed by atoms with Crippen LogP contribution in [0.25, 0.3) is 22.3 Å². The summed E-state index contributed by atoms with van der Waals surface area (Å²) in [6, 6.07) is 5.71. The van der Waals surface area contributed by atoms with Crippen molar-refractivity contribution in [1.82, 2.24) is 14.8 Å². The lowest BCUT2D eigenvalue weighted by molar-refractivity contribution is -0.137. The van der Waals surface area contributed by atoms with Crippen LogP contribution in [0.3, 0.4) is 0 Å². The molecule has 0 aliphatic heterocycles. The number of phenolic OH excluding ortho intramolecular Hbond substituents is 1. The Hall–Kier alpha value is -2.61. The van der Waals surface area contributed by atoms with E-state index in [-0.39, 0.29) is 0 Å². The van der Waals surface area contributed by atoms with E-state index in [0.29, 0.717) is 28.5 Å². The van der Waals surface area contributed by atoms with E-state index in [9.17, 15) is 18.3 Å². The molecule has 2 N–H and O–H groups in total. The fourth-order valence-electron chi connectivity index (χ4n) is 3.86. The van der Waals surface area contributed by atoms with Gasteiger partial charge >= 0.3 is 6.18 Å². The monoisotopic (exact) mass is 407 g/mol. The van der Waals surface area contributed by atoms with Gasteiger partial charge in [0.15, 0.2) is 5.65 Å². The van der Waals surface area contributed by atoms with E-state index < -0.39 is 17.5 Å². The van der Waals surface area contributed by atoms with Gasteiger partial charge < -0.3 is 10.2 Å². The first-order chi connectivity index (χ1) is 13.8. The number of halogens is 3. The molecule has 4 rings (SSSR count). The molecule has 1 saturated carbocycles. The van der Waals surface area contributed by atoms with Gasteiger partial charge in [-0.1, -0.05) is 19.3 Å². The topological polar surface area (TPSA) is 71.2 Å². The van der Waals surface area contributed by atoms with E-state index in [0.717, 1.165) is 37.5 Å². The van der Waals surface area contributed by atoms with E-state index >= 15 is 0 Å². The van der Waals surface area contributed by atoms with Gasteiger partial charge in [0.25, 0.3) is 0 Å². The molecule has 0 amide bonds. The van der Waals surface area contributed by atoms with Crippen molar-refractivity contribution in [1.29, 1.82) is 0 Å². The van der Waals surface area contributed by atoms with Crippen molar-refractivity contribution in [2.75, 3.05) is 7.11 Å². The predicted molar refractivity (Wildman–Crippen MR) is 105 cm³/mol. The highest BCUT2D eigenvalue weighted by molar-refractivity contribution is 5.80. The molecular formula is C21H24F3N3O2. The highest BCUT2D eigenvalue weighted by Crippen LogP contribution is 2.39. The summed E-state index contributed by atoms with van der Waals surface area (Å²) in [5.41, 5.74) is 0.707. The van der Waals surface area contributed by atoms with Crippen LogP contribution >= 0.6 is 0 Å². The molecule has 5 nitrogen and oxygen atoms in total. The highest BCUT2D eigenvalue weighted by atomic mass is 19.4.